The van der Waals surface area contributed by atoms with Crippen LogP contribution in [0.25, 0.3) is 11.0 Å². The molecule has 1 aliphatic heterocycles. The van der Waals surface area contributed by atoms with Gasteiger partial charge < -0.3 is 15.0 Å². The summed E-state index contributed by atoms with van der Waals surface area (Å²) in [6.07, 6.45) is 2.67. The molecule has 0 bridgehead atoms. The number of hydrogen-bond acceptors (Lipinski definition) is 6. The van der Waals surface area contributed by atoms with Gasteiger partial charge in [-0.2, -0.15) is 15.1 Å². The summed E-state index contributed by atoms with van der Waals surface area (Å²) in [5.74, 6) is 1.03. The van der Waals surface area contributed by atoms with Gasteiger partial charge in [0.1, 0.15) is 11.6 Å². The third kappa shape index (κ3) is 3.25. The second kappa shape index (κ2) is 6.64. The number of halogens is 1. The molecular formula is C17H19FN6O. The summed E-state index contributed by atoms with van der Waals surface area (Å²) in [5.41, 5.74) is 1.51. The van der Waals surface area contributed by atoms with Crippen LogP contribution in [-0.2, 0) is 11.8 Å². The molecule has 4 rings (SSSR count). The highest BCUT2D eigenvalue weighted by atomic mass is 19.1. The fourth-order valence-corrected chi connectivity index (χ4v) is 2.86. The van der Waals surface area contributed by atoms with Crippen molar-refractivity contribution in [1.29, 1.82) is 0 Å². The van der Waals surface area contributed by atoms with E-state index in [1.807, 2.05) is 7.05 Å². The molecule has 1 saturated heterocycles. The van der Waals surface area contributed by atoms with Gasteiger partial charge in [0, 0.05) is 32.4 Å². The quantitative estimate of drug-likeness (QED) is 0.789. The van der Waals surface area contributed by atoms with E-state index in [4.69, 9.17) is 9.72 Å². The van der Waals surface area contributed by atoms with Crippen molar-refractivity contribution in [2.45, 2.75) is 6.42 Å². The van der Waals surface area contributed by atoms with E-state index in [1.54, 1.807) is 23.0 Å². The van der Waals surface area contributed by atoms with Gasteiger partial charge >= 0.3 is 0 Å². The van der Waals surface area contributed by atoms with Crippen LogP contribution in [0.5, 0.6) is 0 Å². The Morgan fingerprint density at radius 1 is 1.12 bits per heavy atom. The first kappa shape index (κ1) is 15.8. The fraction of sp³-hybridized carbons (Fsp3) is 0.353. The van der Waals surface area contributed by atoms with Gasteiger partial charge in [0.25, 0.3) is 0 Å². The standard InChI is InChI=1S/C17H19FN6O/c1-23-16-14(11-19-23)15(20-13-5-3-12(18)4-6-13)21-17(22-16)24-7-2-9-25-10-8-24/h3-6,11H,2,7-10H2,1H3,(H,20,21,22). The lowest BCUT2D eigenvalue weighted by Crippen LogP contribution is -2.28. The Kier molecular flexibility index (Phi) is 4.19. The summed E-state index contributed by atoms with van der Waals surface area (Å²) in [4.78, 5) is 11.5. The first-order valence-electron chi connectivity index (χ1n) is 8.26. The molecule has 2 aromatic heterocycles. The third-order valence-electron chi connectivity index (χ3n) is 4.19. The maximum Gasteiger partial charge on any atom is 0.229 e. The Hall–Kier alpha value is -2.74. The molecule has 3 aromatic rings. The van der Waals surface area contributed by atoms with Gasteiger partial charge in [-0.3, -0.25) is 4.68 Å². The molecule has 1 N–H and O–H groups in total. The van der Waals surface area contributed by atoms with Crippen LogP contribution >= 0.6 is 0 Å². The zero-order valence-electron chi connectivity index (χ0n) is 13.9. The minimum Gasteiger partial charge on any atom is -0.380 e. The summed E-state index contributed by atoms with van der Waals surface area (Å²) in [5, 5.41) is 8.36. The summed E-state index contributed by atoms with van der Waals surface area (Å²) in [7, 11) is 1.85. The average molecular weight is 342 g/mol. The van der Waals surface area contributed by atoms with E-state index < -0.39 is 0 Å². The minimum absolute atomic E-state index is 0.273. The second-order valence-electron chi connectivity index (χ2n) is 5.96. The predicted octanol–water partition coefficient (Wildman–Crippen LogP) is 2.47. The lowest BCUT2D eigenvalue weighted by Gasteiger charge is -2.20. The van der Waals surface area contributed by atoms with Crippen LogP contribution in [0.3, 0.4) is 0 Å². The molecule has 0 amide bonds. The molecule has 0 unspecified atom stereocenters. The minimum atomic E-state index is -0.273. The zero-order chi connectivity index (χ0) is 17.2. The Balaban J connectivity index is 1.74. The maximum atomic E-state index is 13.1. The van der Waals surface area contributed by atoms with E-state index in [2.05, 4.69) is 20.3 Å². The third-order valence-corrected chi connectivity index (χ3v) is 4.19. The highest BCUT2D eigenvalue weighted by Gasteiger charge is 2.17. The fourth-order valence-electron chi connectivity index (χ4n) is 2.86. The number of hydrogen-bond donors (Lipinski definition) is 1. The molecule has 0 atom stereocenters. The maximum absolute atomic E-state index is 13.1. The van der Waals surface area contributed by atoms with E-state index in [-0.39, 0.29) is 5.82 Å². The van der Waals surface area contributed by atoms with Gasteiger partial charge in [-0.1, -0.05) is 0 Å². The van der Waals surface area contributed by atoms with Crippen molar-refractivity contribution in [3.8, 4) is 0 Å². The first-order valence-corrected chi connectivity index (χ1v) is 8.26. The van der Waals surface area contributed by atoms with E-state index in [1.165, 1.54) is 12.1 Å². The first-order chi connectivity index (χ1) is 12.2. The highest BCUT2D eigenvalue weighted by molar-refractivity contribution is 5.89. The summed E-state index contributed by atoms with van der Waals surface area (Å²) in [6, 6.07) is 6.19. The van der Waals surface area contributed by atoms with Gasteiger partial charge in [0.2, 0.25) is 5.95 Å². The van der Waals surface area contributed by atoms with Crippen molar-refractivity contribution in [3.63, 3.8) is 0 Å². The van der Waals surface area contributed by atoms with E-state index in [0.29, 0.717) is 18.4 Å². The number of benzene rings is 1. The molecule has 0 aliphatic carbocycles. The number of nitrogens with one attached hydrogen (secondary N) is 1. The van der Waals surface area contributed by atoms with Crippen LogP contribution in [-0.4, -0.2) is 46.1 Å². The molecule has 1 aromatic carbocycles. The monoisotopic (exact) mass is 342 g/mol. The van der Waals surface area contributed by atoms with Gasteiger partial charge in [-0.25, -0.2) is 4.39 Å². The molecule has 25 heavy (non-hydrogen) atoms. The molecule has 8 heteroatoms. The van der Waals surface area contributed by atoms with Crippen molar-refractivity contribution in [3.05, 3.63) is 36.3 Å². The van der Waals surface area contributed by atoms with E-state index in [0.717, 1.165) is 42.8 Å². The summed E-state index contributed by atoms with van der Waals surface area (Å²) >= 11 is 0. The average Bonchev–Trinajstić information content (AvgIpc) is 2.84. The van der Waals surface area contributed by atoms with Crippen molar-refractivity contribution in [2.24, 2.45) is 7.05 Å². The lowest BCUT2D eigenvalue weighted by atomic mass is 10.3. The van der Waals surface area contributed by atoms with Crippen molar-refractivity contribution in [2.75, 3.05) is 36.5 Å². The number of ether oxygens (including phenoxy) is 1. The van der Waals surface area contributed by atoms with Gasteiger partial charge in [0.15, 0.2) is 5.65 Å². The Bertz CT molecular complexity index is 871. The summed E-state index contributed by atoms with van der Waals surface area (Å²) in [6.45, 7) is 3.01. The Morgan fingerprint density at radius 3 is 2.80 bits per heavy atom. The molecule has 130 valence electrons. The normalized spacial score (nSPS) is 15.4. The van der Waals surface area contributed by atoms with Crippen molar-refractivity contribution >= 4 is 28.5 Å². The van der Waals surface area contributed by atoms with Crippen LogP contribution < -0.4 is 10.2 Å². The molecule has 0 saturated carbocycles. The van der Waals surface area contributed by atoms with E-state index in [9.17, 15) is 4.39 Å². The van der Waals surface area contributed by atoms with Crippen LogP contribution in [0.2, 0.25) is 0 Å². The molecule has 7 nitrogen and oxygen atoms in total. The molecule has 1 fully saturated rings. The van der Waals surface area contributed by atoms with Crippen LogP contribution in [0.15, 0.2) is 30.5 Å². The lowest BCUT2D eigenvalue weighted by molar-refractivity contribution is 0.152. The summed E-state index contributed by atoms with van der Waals surface area (Å²) < 4.78 is 20.4. The number of nitrogens with zero attached hydrogens (tertiary/aromatic N) is 5. The SMILES string of the molecule is Cn1ncc2c(Nc3ccc(F)cc3)nc(N3CCCOCC3)nc21. The molecule has 1 aliphatic rings. The molecular weight excluding hydrogens is 323 g/mol. The van der Waals surface area contributed by atoms with E-state index >= 15 is 0 Å². The Labute approximate surface area is 144 Å². The predicted molar refractivity (Wildman–Crippen MR) is 93.6 cm³/mol. The molecule has 0 spiro atoms. The molecule has 3 heterocycles. The largest absolute Gasteiger partial charge is 0.380 e. The Morgan fingerprint density at radius 2 is 1.96 bits per heavy atom. The number of anilines is 3. The number of aromatic nitrogens is 4. The smallest absolute Gasteiger partial charge is 0.229 e. The van der Waals surface area contributed by atoms with Crippen LogP contribution in [0.1, 0.15) is 6.42 Å². The second-order valence-corrected chi connectivity index (χ2v) is 5.96. The zero-order valence-corrected chi connectivity index (χ0v) is 13.9. The highest BCUT2D eigenvalue weighted by Crippen LogP contribution is 2.26. The number of aryl methyl sites for hydroxylation is 1. The number of fused-ring (bicyclic) bond motifs is 1. The van der Waals surface area contributed by atoms with Gasteiger partial charge in [0.05, 0.1) is 18.2 Å². The number of rotatable bonds is 3. The molecule has 0 radical (unpaired) electrons. The van der Waals surface area contributed by atoms with Crippen molar-refractivity contribution in [1.82, 2.24) is 19.7 Å². The van der Waals surface area contributed by atoms with Crippen LogP contribution in [0, 0.1) is 5.82 Å². The van der Waals surface area contributed by atoms with Gasteiger partial charge in [-0.15, -0.1) is 0 Å². The van der Waals surface area contributed by atoms with Crippen molar-refractivity contribution < 1.29 is 9.13 Å². The topological polar surface area (TPSA) is 68.1 Å². The van der Waals surface area contributed by atoms with Gasteiger partial charge in [-0.05, 0) is 30.7 Å². The van der Waals surface area contributed by atoms with Crippen LogP contribution in [0.4, 0.5) is 21.8 Å².